The minimum Gasteiger partial charge on any atom is -0.351 e. The Balaban J connectivity index is 2.10. The van der Waals surface area contributed by atoms with Gasteiger partial charge in [0.15, 0.2) is 0 Å². The summed E-state index contributed by atoms with van der Waals surface area (Å²) in [5.74, 6) is -1.98. The maximum absolute atomic E-state index is 13.1. The van der Waals surface area contributed by atoms with Crippen molar-refractivity contribution in [2.75, 3.05) is 6.54 Å². The summed E-state index contributed by atoms with van der Waals surface area (Å²) in [7, 11) is 0. The van der Waals surface area contributed by atoms with Gasteiger partial charge in [0.05, 0.1) is 5.56 Å². The van der Waals surface area contributed by atoms with Crippen LogP contribution in [0.3, 0.4) is 0 Å². The van der Waals surface area contributed by atoms with Crippen LogP contribution in [0.2, 0.25) is 0 Å². The topological polar surface area (TPSA) is 29.1 Å². The number of hydrogen-bond acceptors (Lipinski definition) is 1. The van der Waals surface area contributed by atoms with E-state index in [1.165, 1.54) is 0 Å². The maximum atomic E-state index is 13.1. The number of rotatable bonds is 4. The van der Waals surface area contributed by atoms with Crippen LogP contribution in [0.5, 0.6) is 0 Å². The van der Waals surface area contributed by atoms with Crippen molar-refractivity contribution in [3.63, 3.8) is 0 Å². The van der Waals surface area contributed by atoms with Crippen molar-refractivity contribution in [2.45, 2.75) is 32.4 Å². The van der Waals surface area contributed by atoms with E-state index in [9.17, 15) is 22.4 Å². The van der Waals surface area contributed by atoms with Gasteiger partial charge < -0.3 is 5.32 Å². The highest BCUT2D eigenvalue weighted by Crippen LogP contribution is 2.47. The van der Waals surface area contributed by atoms with Crippen molar-refractivity contribution in [2.24, 2.45) is 5.41 Å². The Labute approximate surface area is 114 Å². The monoisotopic (exact) mass is 289 g/mol. The zero-order valence-corrected chi connectivity index (χ0v) is 11.0. The molecule has 1 aromatic rings. The van der Waals surface area contributed by atoms with Crippen LogP contribution in [-0.4, -0.2) is 12.5 Å². The van der Waals surface area contributed by atoms with Crippen molar-refractivity contribution >= 4 is 5.91 Å². The molecule has 0 bridgehead atoms. The average Bonchev–Trinajstić information content (AvgIpc) is 3.16. The Morgan fingerprint density at radius 1 is 1.35 bits per heavy atom. The Morgan fingerprint density at radius 2 is 2.00 bits per heavy atom. The van der Waals surface area contributed by atoms with E-state index in [1.54, 1.807) is 0 Å². The van der Waals surface area contributed by atoms with Crippen molar-refractivity contribution in [3.05, 3.63) is 35.1 Å². The van der Waals surface area contributed by atoms with Crippen LogP contribution in [0.4, 0.5) is 17.6 Å². The van der Waals surface area contributed by atoms with Crippen molar-refractivity contribution in [1.29, 1.82) is 0 Å². The zero-order chi connectivity index (χ0) is 15.0. The molecule has 0 aromatic heterocycles. The van der Waals surface area contributed by atoms with Gasteiger partial charge in [-0.15, -0.1) is 0 Å². The first-order chi connectivity index (χ1) is 9.27. The van der Waals surface area contributed by atoms with E-state index in [0.717, 1.165) is 25.3 Å². The zero-order valence-electron chi connectivity index (χ0n) is 11.0. The Kier molecular flexibility index (Phi) is 3.75. The number of carbonyl (C=O) groups excluding carboxylic acids is 1. The molecular formula is C14H15F4NO. The first-order valence-corrected chi connectivity index (χ1v) is 6.42. The third-order valence-corrected chi connectivity index (χ3v) is 3.87. The molecule has 20 heavy (non-hydrogen) atoms. The van der Waals surface area contributed by atoms with Gasteiger partial charge in [0.2, 0.25) is 0 Å². The molecule has 1 aliphatic carbocycles. The molecule has 1 N–H and O–H groups in total. The van der Waals surface area contributed by atoms with Gasteiger partial charge in [-0.2, -0.15) is 13.2 Å². The van der Waals surface area contributed by atoms with Gasteiger partial charge in [-0.1, -0.05) is 6.92 Å². The highest BCUT2D eigenvalue weighted by atomic mass is 19.4. The van der Waals surface area contributed by atoms with Crippen LogP contribution in [0.1, 0.15) is 42.1 Å². The molecule has 1 saturated carbocycles. The average molecular weight is 289 g/mol. The van der Waals surface area contributed by atoms with E-state index < -0.39 is 23.5 Å². The molecular weight excluding hydrogens is 274 g/mol. The van der Waals surface area contributed by atoms with Crippen LogP contribution in [-0.2, 0) is 6.18 Å². The molecule has 6 heteroatoms. The highest BCUT2D eigenvalue weighted by molar-refractivity contribution is 5.94. The van der Waals surface area contributed by atoms with Gasteiger partial charge >= 0.3 is 6.18 Å². The summed E-state index contributed by atoms with van der Waals surface area (Å²) in [6.45, 7) is 2.46. The second-order valence-corrected chi connectivity index (χ2v) is 5.23. The van der Waals surface area contributed by atoms with Crippen molar-refractivity contribution in [1.82, 2.24) is 5.32 Å². The molecule has 110 valence electrons. The van der Waals surface area contributed by atoms with E-state index in [0.29, 0.717) is 18.7 Å². The van der Waals surface area contributed by atoms with Gasteiger partial charge in [0.25, 0.3) is 5.91 Å². The van der Waals surface area contributed by atoms with Crippen molar-refractivity contribution in [3.8, 4) is 0 Å². The first-order valence-electron chi connectivity index (χ1n) is 6.42. The fourth-order valence-corrected chi connectivity index (χ4v) is 2.09. The fraction of sp³-hybridized carbons (Fsp3) is 0.500. The van der Waals surface area contributed by atoms with Crippen molar-refractivity contribution < 1.29 is 22.4 Å². The largest absolute Gasteiger partial charge is 0.419 e. The summed E-state index contributed by atoms with van der Waals surface area (Å²) in [6.07, 6.45) is -1.85. The summed E-state index contributed by atoms with van der Waals surface area (Å²) in [5.41, 5.74) is -1.49. The Morgan fingerprint density at radius 3 is 2.50 bits per heavy atom. The molecule has 0 heterocycles. The molecule has 0 saturated heterocycles. The third-order valence-electron chi connectivity index (χ3n) is 3.87. The van der Waals surface area contributed by atoms with Gasteiger partial charge in [-0.3, -0.25) is 4.79 Å². The minimum atomic E-state index is -4.80. The highest BCUT2D eigenvalue weighted by Gasteiger charge is 2.41. The van der Waals surface area contributed by atoms with E-state index in [2.05, 4.69) is 5.32 Å². The number of nitrogens with one attached hydrogen (secondary N) is 1. The SMILES string of the molecule is CCC1(CNC(=O)c2ccc(F)c(C(F)(F)F)c2)CC1. The smallest absolute Gasteiger partial charge is 0.351 e. The van der Waals surface area contributed by atoms with Gasteiger partial charge in [-0.05, 0) is 42.9 Å². The van der Waals surface area contributed by atoms with E-state index in [4.69, 9.17) is 0 Å². The number of amides is 1. The summed E-state index contributed by atoms with van der Waals surface area (Å²) >= 11 is 0. The lowest BCUT2D eigenvalue weighted by atomic mass is 10.0. The van der Waals surface area contributed by atoms with E-state index in [1.807, 2.05) is 6.92 Å². The van der Waals surface area contributed by atoms with Crippen LogP contribution in [0.15, 0.2) is 18.2 Å². The molecule has 1 amide bonds. The minimum absolute atomic E-state index is 0.0997. The normalized spacial score (nSPS) is 16.9. The van der Waals surface area contributed by atoms with Gasteiger partial charge in [0.1, 0.15) is 5.82 Å². The predicted octanol–water partition coefficient (Wildman–Crippen LogP) is 3.76. The Bertz CT molecular complexity index is 520. The van der Waals surface area contributed by atoms with E-state index >= 15 is 0 Å². The molecule has 0 aliphatic heterocycles. The number of hydrogen-bond donors (Lipinski definition) is 1. The second kappa shape index (κ2) is 5.07. The predicted molar refractivity (Wildman–Crippen MR) is 65.7 cm³/mol. The lowest BCUT2D eigenvalue weighted by Crippen LogP contribution is -2.30. The number of carbonyl (C=O) groups is 1. The lowest BCUT2D eigenvalue weighted by molar-refractivity contribution is -0.140. The maximum Gasteiger partial charge on any atom is 0.419 e. The van der Waals surface area contributed by atoms with Crippen LogP contribution in [0, 0.1) is 11.2 Å². The standard InChI is InChI=1S/C14H15F4NO/c1-2-13(5-6-13)8-19-12(20)9-3-4-11(15)10(7-9)14(16,17)18/h3-4,7H,2,5-6,8H2,1H3,(H,19,20). The van der Waals surface area contributed by atoms with Gasteiger partial charge in [-0.25, -0.2) is 4.39 Å². The summed E-state index contributed by atoms with van der Waals surface area (Å²) in [4.78, 5) is 11.8. The molecule has 2 nitrogen and oxygen atoms in total. The summed E-state index contributed by atoms with van der Waals surface area (Å²) in [5, 5.41) is 2.62. The number of benzene rings is 1. The fourth-order valence-electron chi connectivity index (χ4n) is 2.09. The molecule has 0 atom stereocenters. The van der Waals surface area contributed by atoms with Crippen LogP contribution in [0.25, 0.3) is 0 Å². The van der Waals surface area contributed by atoms with E-state index in [-0.39, 0.29) is 11.0 Å². The molecule has 1 aromatic carbocycles. The van der Waals surface area contributed by atoms with Gasteiger partial charge in [0, 0.05) is 12.1 Å². The first kappa shape index (κ1) is 14.8. The molecule has 0 radical (unpaired) electrons. The molecule has 2 rings (SSSR count). The quantitative estimate of drug-likeness (QED) is 0.840. The molecule has 0 unspecified atom stereocenters. The van der Waals surface area contributed by atoms with Crippen LogP contribution < -0.4 is 5.32 Å². The molecule has 1 fully saturated rings. The lowest BCUT2D eigenvalue weighted by Gasteiger charge is -2.14. The summed E-state index contributed by atoms with van der Waals surface area (Å²) in [6, 6.07) is 2.28. The molecule has 0 spiro atoms. The summed E-state index contributed by atoms with van der Waals surface area (Å²) < 4.78 is 50.8. The second-order valence-electron chi connectivity index (χ2n) is 5.23. The number of halogens is 4. The number of alkyl halides is 3. The third kappa shape index (κ3) is 3.11. The Hall–Kier alpha value is -1.59. The van der Waals surface area contributed by atoms with Crippen LogP contribution >= 0.6 is 0 Å². The molecule has 1 aliphatic rings.